The fourth-order valence-corrected chi connectivity index (χ4v) is 2.58. The molecular formula is C15H18N2OS. The Bertz CT molecular complexity index is 564. The quantitative estimate of drug-likeness (QED) is 0.842. The van der Waals surface area contributed by atoms with Crippen LogP contribution >= 0.6 is 11.3 Å². The van der Waals surface area contributed by atoms with E-state index in [1.165, 1.54) is 5.56 Å². The molecule has 1 unspecified atom stereocenters. The smallest absolute Gasteiger partial charge is 0.251 e. The Labute approximate surface area is 117 Å². The second-order valence-electron chi connectivity index (χ2n) is 4.78. The second kappa shape index (κ2) is 5.89. The summed E-state index contributed by atoms with van der Waals surface area (Å²) in [6.07, 6.45) is 0.844. The highest BCUT2D eigenvalue weighted by Gasteiger charge is 2.11. The summed E-state index contributed by atoms with van der Waals surface area (Å²) < 4.78 is 0. The van der Waals surface area contributed by atoms with Gasteiger partial charge in [0, 0.05) is 17.3 Å². The Morgan fingerprint density at radius 3 is 2.84 bits per heavy atom. The van der Waals surface area contributed by atoms with E-state index in [1.807, 2.05) is 25.3 Å². The van der Waals surface area contributed by atoms with Gasteiger partial charge in [-0.2, -0.15) is 11.3 Å². The van der Waals surface area contributed by atoms with Crippen LogP contribution in [-0.4, -0.2) is 11.9 Å². The van der Waals surface area contributed by atoms with Crippen LogP contribution in [0.1, 0.15) is 28.4 Å². The van der Waals surface area contributed by atoms with Crippen molar-refractivity contribution in [3.05, 3.63) is 51.7 Å². The van der Waals surface area contributed by atoms with Gasteiger partial charge in [0.05, 0.1) is 0 Å². The standard InChI is InChI=1S/C15H18N2OS/c1-10-3-4-13(8-14(10)16)15(18)17-11(2)7-12-5-6-19-9-12/h3-6,8-9,11H,7,16H2,1-2H3,(H,17,18). The van der Waals surface area contributed by atoms with Crippen LogP contribution in [0.2, 0.25) is 0 Å². The van der Waals surface area contributed by atoms with E-state index in [0.29, 0.717) is 11.3 Å². The first-order valence-electron chi connectivity index (χ1n) is 6.24. The molecule has 0 fully saturated rings. The first-order chi connectivity index (χ1) is 9.06. The molecule has 0 bridgehead atoms. The SMILES string of the molecule is Cc1ccc(C(=O)NC(C)Cc2ccsc2)cc1N. The van der Waals surface area contributed by atoms with Crippen molar-refractivity contribution in [3.63, 3.8) is 0 Å². The van der Waals surface area contributed by atoms with E-state index in [0.717, 1.165) is 12.0 Å². The molecule has 0 saturated carbocycles. The number of carbonyl (C=O) groups excluding carboxylic acids is 1. The van der Waals surface area contributed by atoms with Crippen molar-refractivity contribution in [1.82, 2.24) is 5.32 Å². The van der Waals surface area contributed by atoms with Gasteiger partial charge in [-0.25, -0.2) is 0 Å². The van der Waals surface area contributed by atoms with E-state index in [4.69, 9.17) is 5.73 Å². The number of amides is 1. The first-order valence-corrected chi connectivity index (χ1v) is 7.18. The molecule has 2 rings (SSSR count). The molecule has 1 aromatic carbocycles. The molecule has 1 aromatic heterocycles. The number of carbonyl (C=O) groups is 1. The number of rotatable bonds is 4. The van der Waals surface area contributed by atoms with Gasteiger partial charge in [0.1, 0.15) is 0 Å². The fourth-order valence-electron chi connectivity index (χ4n) is 1.90. The largest absolute Gasteiger partial charge is 0.398 e. The maximum Gasteiger partial charge on any atom is 0.251 e. The first kappa shape index (κ1) is 13.6. The van der Waals surface area contributed by atoms with Crippen molar-refractivity contribution in [1.29, 1.82) is 0 Å². The molecule has 100 valence electrons. The third-order valence-electron chi connectivity index (χ3n) is 3.04. The molecule has 1 amide bonds. The highest BCUT2D eigenvalue weighted by molar-refractivity contribution is 7.07. The number of thiophene rings is 1. The third kappa shape index (κ3) is 3.58. The average molecular weight is 274 g/mol. The van der Waals surface area contributed by atoms with Crippen LogP contribution in [0.15, 0.2) is 35.0 Å². The topological polar surface area (TPSA) is 55.1 Å². The van der Waals surface area contributed by atoms with Gasteiger partial charge in [-0.3, -0.25) is 4.79 Å². The molecule has 0 radical (unpaired) electrons. The van der Waals surface area contributed by atoms with Gasteiger partial charge in [0.25, 0.3) is 5.91 Å². The summed E-state index contributed by atoms with van der Waals surface area (Å²) in [6, 6.07) is 7.58. The van der Waals surface area contributed by atoms with Crippen molar-refractivity contribution in [2.75, 3.05) is 5.73 Å². The minimum Gasteiger partial charge on any atom is -0.398 e. The predicted molar refractivity (Wildman–Crippen MR) is 80.5 cm³/mol. The summed E-state index contributed by atoms with van der Waals surface area (Å²) in [6.45, 7) is 3.93. The van der Waals surface area contributed by atoms with Gasteiger partial charge >= 0.3 is 0 Å². The zero-order valence-corrected chi connectivity index (χ0v) is 12.0. The average Bonchev–Trinajstić information content (AvgIpc) is 2.85. The molecule has 1 atom stereocenters. The zero-order chi connectivity index (χ0) is 13.8. The Balaban J connectivity index is 1.98. The van der Waals surface area contributed by atoms with Crippen molar-refractivity contribution in [3.8, 4) is 0 Å². The van der Waals surface area contributed by atoms with Crippen LogP contribution in [0.5, 0.6) is 0 Å². The molecule has 0 aliphatic carbocycles. The molecule has 3 nitrogen and oxygen atoms in total. The van der Waals surface area contributed by atoms with Crippen molar-refractivity contribution in [2.24, 2.45) is 0 Å². The normalized spacial score (nSPS) is 12.1. The van der Waals surface area contributed by atoms with Gasteiger partial charge in [0.2, 0.25) is 0 Å². The second-order valence-corrected chi connectivity index (χ2v) is 5.56. The van der Waals surface area contributed by atoms with E-state index in [9.17, 15) is 4.79 Å². The van der Waals surface area contributed by atoms with Crippen molar-refractivity contribution in [2.45, 2.75) is 26.3 Å². The minimum absolute atomic E-state index is 0.0746. The number of hydrogen-bond donors (Lipinski definition) is 2. The number of benzene rings is 1. The number of hydrogen-bond acceptors (Lipinski definition) is 3. The van der Waals surface area contributed by atoms with E-state index in [1.54, 1.807) is 23.5 Å². The summed E-state index contributed by atoms with van der Waals surface area (Å²) in [4.78, 5) is 12.1. The van der Waals surface area contributed by atoms with Gasteiger partial charge in [-0.05, 0) is 60.4 Å². The maximum absolute atomic E-state index is 12.1. The fraction of sp³-hybridized carbons (Fsp3) is 0.267. The van der Waals surface area contributed by atoms with E-state index >= 15 is 0 Å². The van der Waals surface area contributed by atoms with Crippen LogP contribution in [0, 0.1) is 6.92 Å². The number of nitrogen functional groups attached to an aromatic ring is 1. The van der Waals surface area contributed by atoms with Gasteiger partial charge in [-0.1, -0.05) is 6.07 Å². The van der Waals surface area contributed by atoms with E-state index < -0.39 is 0 Å². The van der Waals surface area contributed by atoms with Crippen LogP contribution in [0.4, 0.5) is 5.69 Å². The van der Waals surface area contributed by atoms with Gasteiger partial charge in [-0.15, -0.1) is 0 Å². The van der Waals surface area contributed by atoms with E-state index in [2.05, 4.69) is 16.8 Å². The highest BCUT2D eigenvalue weighted by atomic mass is 32.1. The van der Waals surface area contributed by atoms with Crippen molar-refractivity contribution < 1.29 is 4.79 Å². The summed E-state index contributed by atoms with van der Waals surface area (Å²) in [5, 5.41) is 7.14. The minimum atomic E-state index is -0.0746. The molecule has 3 N–H and O–H groups in total. The molecule has 0 aliphatic heterocycles. The molecule has 4 heteroatoms. The van der Waals surface area contributed by atoms with Crippen LogP contribution in [0.3, 0.4) is 0 Å². The third-order valence-corrected chi connectivity index (χ3v) is 3.77. The lowest BCUT2D eigenvalue weighted by Gasteiger charge is -2.13. The van der Waals surface area contributed by atoms with Crippen LogP contribution in [-0.2, 0) is 6.42 Å². The van der Waals surface area contributed by atoms with Crippen molar-refractivity contribution >= 4 is 22.9 Å². The summed E-state index contributed by atoms with van der Waals surface area (Å²) >= 11 is 1.67. The Morgan fingerprint density at radius 2 is 2.21 bits per heavy atom. The molecule has 19 heavy (non-hydrogen) atoms. The predicted octanol–water partition coefficient (Wildman–Crippen LogP) is 3.00. The van der Waals surface area contributed by atoms with Crippen LogP contribution in [0.25, 0.3) is 0 Å². The lowest BCUT2D eigenvalue weighted by atomic mass is 10.1. The summed E-state index contributed by atoms with van der Waals surface area (Å²) in [7, 11) is 0. The zero-order valence-electron chi connectivity index (χ0n) is 11.1. The number of nitrogens with one attached hydrogen (secondary N) is 1. The molecular weight excluding hydrogens is 256 g/mol. The molecule has 1 heterocycles. The van der Waals surface area contributed by atoms with Gasteiger partial charge < -0.3 is 11.1 Å². The molecule has 0 aliphatic rings. The molecule has 2 aromatic rings. The van der Waals surface area contributed by atoms with Gasteiger partial charge in [0.15, 0.2) is 0 Å². The Morgan fingerprint density at radius 1 is 1.42 bits per heavy atom. The Hall–Kier alpha value is -1.81. The maximum atomic E-state index is 12.1. The number of nitrogens with two attached hydrogens (primary N) is 1. The summed E-state index contributed by atoms with van der Waals surface area (Å²) in [5.41, 5.74) is 9.32. The highest BCUT2D eigenvalue weighted by Crippen LogP contribution is 2.13. The lowest BCUT2D eigenvalue weighted by Crippen LogP contribution is -2.34. The van der Waals surface area contributed by atoms with E-state index in [-0.39, 0.29) is 11.9 Å². The molecule has 0 spiro atoms. The molecule has 0 saturated heterocycles. The number of anilines is 1. The monoisotopic (exact) mass is 274 g/mol. The Kier molecular flexibility index (Phi) is 4.22. The van der Waals surface area contributed by atoms with Crippen LogP contribution < -0.4 is 11.1 Å². The lowest BCUT2D eigenvalue weighted by molar-refractivity contribution is 0.0940. The number of aryl methyl sites for hydroxylation is 1. The summed E-state index contributed by atoms with van der Waals surface area (Å²) in [5.74, 6) is -0.0746.